The molecule has 1 aliphatic rings. The Morgan fingerprint density at radius 3 is 2.78 bits per heavy atom. The van der Waals surface area contributed by atoms with Gasteiger partial charge in [-0.15, -0.1) is 6.58 Å². The first-order chi connectivity index (χ1) is 15.1. The van der Waals surface area contributed by atoms with E-state index >= 15 is 0 Å². The van der Waals surface area contributed by atoms with Gasteiger partial charge >= 0.3 is 12.1 Å². The lowest BCUT2D eigenvalue weighted by molar-refractivity contribution is -0.247. The summed E-state index contributed by atoms with van der Waals surface area (Å²) in [4.78, 5) is 22.7. The van der Waals surface area contributed by atoms with Gasteiger partial charge in [0.05, 0.1) is 6.61 Å². The highest BCUT2D eigenvalue weighted by molar-refractivity contribution is 6.06. The number of rotatable bonds is 6. The third kappa shape index (κ3) is 4.17. The molecule has 170 valence electrons. The van der Waals surface area contributed by atoms with Gasteiger partial charge in [-0.3, -0.25) is 0 Å². The number of furan rings is 1. The lowest BCUT2D eigenvalue weighted by atomic mass is 10.1. The van der Waals surface area contributed by atoms with Crippen LogP contribution in [0.25, 0.3) is 22.1 Å². The summed E-state index contributed by atoms with van der Waals surface area (Å²) in [6.45, 7) is 8.81. The van der Waals surface area contributed by atoms with E-state index in [0.717, 1.165) is 0 Å². The summed E-state index contributed by atoms with van der Waals surface area (Å²) in [6, 6.07) is 6.34. The molecule has 32 heavy (non-hydrogen) atoms. The fraction of sp³-hybridized carbons (Fsp3) is 0.435. The van der Waals surface area contributed by atoms with E-state index in [4.69, 9.17) is 9.15 Å². The van der Waals surface area contributed by atoms with E-state index in [0.29, 0.717) is 30.4 Å². The smallest absolute Gasteiger partial charge is 0.418 e. The Bertz CT molecular complexity index is 1170. The molecule has 2 aromatic heterocycles. The van der Waals surface area contributed by atoms with Crippen molar-refractivity contribution in [3.05, 3.63) is 42.7 Å². The number of hydrogen-bond acceptors (Lipinski definition) is 7. The summed E-state index contributed by atoms with van der Waals surface area (Å²) < 4.78 is 45.7. The van der Waals surface area contributed by atoms with Crippen LogP contribution in [0.3, 0.4) is 0 Å². The number of alkyl halides is 2. The van der Waals surface area contributed by atoms with Crippen LogP contribution < -0.4 is 4.90 Å². The fourth-order valence-electron chi connectivity index (χ4n) is 3.76. The van der Waals surface area contributed by atoms with E-state index in [1.54, 1.807) is 49.9 Å². The molecular formula is C23H25F2N3O4. The van der Waals surface area contributed by atoms with Crippen LogP contribution in [0.15, 0.2) is 41.3 Å². The van der Waals surface area contributed by atoms with E-state index in [1.807, 2.05) is 0 Å². The molecule has 1 aliphatic heterocycles. The Hall–Kier alpha value is -3.07. The average Bonchev–Trinajstić information content (AvgIpc) is 3.35. The maximum atomic E-state index is 14.8. The highest BCUT2D eigenvalue weighted by Crippen LogP contribution is 2.39. The van der Waals surface area contributed by atoms with Crippen LogP contribution in [0.5, 0.6) is 0 Å². The molecule has 1 atom stereocenters. The van der Waals surface area contributed by atoms with E-state index in [9.17, 15) is 13.6 Å². The molecule has 0 unspecified atom stereocenters. The van der Waals surface area contributed by atoms with Gasteiger partial charge in [0.1, 0.15) is 22.7 Å². The van der Waals surface area contributed by atoms with Crippen molar-refractivity contribution in [3.63, 3.8) is 0 Å². The number of ether oxygens (including phenoxy) is 2. The number of esters is 1. The zero-order valence-corrected chi connectivity index (χ0v) is 18.2. The van der Waals surface area contributed by atoms with Crippen LogP contribution in [0.1, 0.15) is 39.4 Å². The largest absolute Gasteiger partial charge is 0.458 e. The van der Waals surface area contributed by atoms with Crippen molar-refractivity contribution in [2.24, 2.45) is 0 Å². The molecule has 0 bridgehead atoms. The number of nitrogens with zero attached hydrogens (tertiary/aromatic N) is 3. The van der Waals surface area contributed by atoms with Gasteiger partial charge in [0.15, 0.2) is 11.4 Å². The summed E-state index contributed by atoms with van der Waals surface area (Å²) in [7, 11) is 0. The third-order valence-electron chi connectivity index (χ3n) is 5.05. The predicted molar refractivity (Wildman–Crippen MR) is 116 cm³/mol. The minimum atomic E-state index is -3.75. The Morgan fingerprint density at radius 1 is 1.31 bits per heavy atom. The number of carbonyl (C=O) groups excluding carboxylic acids is 1. The monoisotopic (exact) mass is 445 g/mol. The zero-order chi connectivity index (χ0) is 23.1. The first-order valence-electron chi connectivity index (χ1n) is 10.4. The Kier molecular flexibility index (Phi) is 5.62. The Morgan fingerprint density at radius 2 is 2.06 bits per heavy atom. The number of para-hydroxylation sites is 1. The van der Waals surface area contributed by atoms with Crippen molar-refractivity contribution in [3.8, 4) is 0 Å². The highest BCUT2D eigenvalue weighted by atomic mass is 19.3. The first-order valence-corrected chi connectivity index (χ1v) is 10.4. The van der Waals surface area contributed by atoms with Gasteiger partial charge in [-0.1, -0.05) is 18.2 Å². The topological polar surface area (TPSA) is 77.7 Å². The molecule has 1 fully saturated rings. The molecule has 1 saturated heterocycles. The van der Waals surface area contributed by atoms with Gasteiger partial charge in [0.25, 0.3) is 0 Å². The van der Waals surface area contributed by atoms with Crippen molar-refractivity contribution >= 4 is 33.9 Å². The number of hydrogen-bond donors (Lipinski definition) is 0. The first kappa shape index (κ1) is 22.1. The fourth-order valence-corrected chi connectivity index (χ4v) is 3.76. The van der Waals surface area contributed by atoms with Crippen LogP contribution in [0.4, 0.5) is 14.6 Å². The van der Waals surface area contributed by atoms with E-state index in [1.165, 1.54) is 6.08 Å². The van der Waals surface area contributed by atoms with Gasteiger partial charge in [-0.25, -0.2) is 14.8 Å². The van der Waals surface area contributed by atoms with Crippen molar-refractivity contribution < 1.29 is 27.5 Å². The molecule has 0 amide bonds. The summed E-state index contributed by atoms with van der Waals surface area (Å²) >= 11 is 0. The SMILES string of the molecule is C=CCOC(F)(F)c1nc(N2CCC[C@H]2C(=O)OC(C)(C)C)c2oc3ccccc3c2n1. The lowest BCUT2D eigenvalue weighted by Gasteiger charge is -2.28. The predicted octanol–water partition coefficient (Wildman–Crippen LogP) is 4.94. The second-order valence-corrected chi connectivity index (χ2v) is 8.65. The standard InChI is InChI=1S/C23H25F2N3O4/c1-5-13-30-23(24,25)21-26-17-14-9-6-7-11-16(14)31-18(17)19(27-21)28-12-8-10-15(28)20(29)32-22(2,3)4/h5-7,9,11,15H,1,8,10,12-13H2,2-4H3/t15-/m0/s1. The molecule has 4 rings (SSSR count). The average molecular weight is 445 g/mol. The van der Waals surface area contributed by atoms with E-state index in [2.05, 4.69) is 21.3 Å². The second-order valence-electron chi connectivity index (χ2n) is 8.65. The number of carbonyl (C=O) groups is 1. The molecule has 0 spiro atoms. The van der Waals surface area contributed by atoms with Gasteiger partial charge < -0.3 is 18.8 Å². The van der Waals surface area contributed by atoms with Crippen molar-refractivity contribution in [1.29, 1.82) is 0 Å². The molecule has 1 aromatic carbocycles. The van der Waals surface area contributed by atoms with Crippen LogP contribution in [-0.2, 0) is 20.4 Å². The number of fused-ring (bicyclic) bond motifs is 3. The van der Waals surface area contributed by atoms with Crippen LogP contribution in [0, 0.1) is 0 Å². The third-order valence-corrected chi connectivity index (χ3v) is 5.05. The number of halogens is 2. The van der Waals surface area contributed by atoms with Crippen molar-refractivity contribution in [2.75, 3.05) is 18.1 Å². The van der Waals surface area contributed by atoms with E-state index < -0.39 is 29.5 Å². The molecular weight excluding hydrogens is 420 g/mol. The number of aromatic nitrogens is 2. The van der Waals surface area contributed by atoms with Gasteiger partial charge in [-0.05, 0) is 45.7 Å². The summed E-state index contributed by atoms with van der Waals surface area (Å²) in [5.74, 6) is -1.12. The molecule has 0 saturated carbocycles. The van der Waals surface area contributed by atoms with Crippen molar-refractivity contribution in [2.45, 2.75) is 51.4 Å². The lowest BCUT2D eigenvalue weighted by Crippen LogP contribution is -2.41. The second kappa shape index (κ2) is 8.12. The minimum Gasteiger partial charge on any atom is -0.458 e. The quantitative estimate of drug-likeness (QED) is 0.393. The summed E-state index contributed by atoms with van der Waals surface area (Å²) in [6.07, 6.45) is -1.34. The molecule has 3 aromatic rings. The van der Waals surface area contributed by atoms with Crippen molar-refractivity contribution in [1.82, 2.24) is 9.97 Å². The Labute approximate surface area is 184 Å². The molecule has 0 N–H and O–H groups in total. The van der Waals surface area contributed by atoms with Crippen LogP contribution in [0.2, 0.25) is 0 Å². The van der Waals surface area contributed by atoms with Gasteiger partial charge in [0, 0.05) is 11.9 Å². The van der Waals surface area contributed by atoms with Gasteiger partial charge in [-0.2, -0.15) is 8.78 Å². The molecule has 9 heteroatoms. The molecule has 7 nitrogen and oxygen atoms in total. The molecule has 0 radical (unpaired) electrons. The van der Waals surface area contributed by atoms with Crippen LogP contribution >= 0.6 is 0 Å². The normalized spacial score (nSPS) is 17.3. The number of anilines is 1. The summed E-state index contributed by atoms with van der Waals surface area (Å²) in [5.41, 5.74) is 0.281. The number of benzene rings is 1. The minimum absolute atomic E-state index is 0.122. The molecule has 3 heterocycles. The molecule has 0 aliphatic carbocycles. The van der Waals surface area contributed by atoms with Crippen LogP contribution in [-0.4, -0.2) is 40.7 Å². The summed E-state index contributed by atoms with van der Waals surface area (Å²) in [5, 5.41) is 0.569. The highest BCUT2D eigenvalue weighted by Gasteiger charge is 2.41. The Balaban J connectivity index is 1.87. The zero-order valence-electron chi connectivity index (χ0n) is 18.2. The van der Waals surface area contributed by atoms with E-state index in [-0.39, 0.29) is 23.5 Å². The van der Waals surface area contributed by atoms with Gasteiger partial charge in [0.2, 0.25) is 5.82 Å². The maximum Gasteiger partial charge on any atom is 0.418 e. The maximum absolute atomic E-state index is 14.8.